The van der Waals surface area contributed by atoms with Crippen LogP contribution in [0.5, 0.6) is 0 Å². The molecule has 0 aromatic rings. The van der Waals surface area contributed by atoms with Crippen molar-refractivity contribution in [1.29, 1.82) is 0 Å². The van der Waals surface area contributed by atoms with Crippen molar-refractivity contribution in [1.82, 2.24) is 19.6 Å². The third-order valence-corrected chi connectivity index (χ3v) is 5.47. The molecule has 0 aromatic carbocycles. The van der Waals surface area contributed by atoms with Crippen LogP contribution in [0.3, 0.4) is 0 Å². The molecule has 0 aliphatic carbocycles. The number of carbonyl (C=O) groups excluding carboxylic acids is 2. The highest BCUT2D eigenvalue weighted by atomic mass is 16.5. The van der Waals surface area contributed by atoms with Gasteiger partial charge in [-0.05, 0) is 0 Å². The van der Waals surface area contributed by atoms with Gasteiger partial charge in [0.25, 0.3) is 0 Å². The summed E-state index contributed by atoms with van der Waals surface area (Å²) in [5.41, 5.74) is 0. The van der Waals surface area contributed by atoms with Gasteiger partial charge in [0.15, 0.2) is 0 Å². The molecule has 3 saturated heterocycles. The Morgan fingerprint density at radius 3 is 0.912 bits per heavy atom. The first-order valence-corrected chi connectivity index (χ1v) is 12.1. The molecule has 3 aliphatic rings. The first-order chi connectivity index (χ1) is 16.6. The highest BCUT2D eigenvalue weighted by molar-refractivity contribution is 5.74. The van der Waals surface area contributed by atoms with Gasteiger partial charge in [-0.2, -0.15) is 0 Å². The average Bonchev–Trinajstić information content (AvgIpc) is 2.83. The van der Waals surface area contributed by atoms with Gasteiger partial charge in [0.2, 0.25) is 0 Å². The molecule has 0 N–H and O–H groups in total. The molecule has 0 radical (unpaired) electrons. The van der Waals surface area contributed by atoms with Crippen LogP contribution in [0.15, 0.2) is 0 Å². The number of fused-ring (bicyclic) bond motifs is 25. The van der Waals surface area contributed by atoms with Crippen LogP contribution in [0.25, 0.3) is 0 Å². The molecule has 0 spiro atoms. The highest BCUT2D eigenvalue weighted by Crippen LogP contribution is 2.01. The van der Waals surface area contributed by atoms with Crippen molar-refractivity contribution in [3.63, 3.8) is 0 Å². The van der Waals surface area contributed by atoms with Crippen LogP contribution >= 0.6 is 0 Å². The summed E-state index contributed by atoms with van der Waals surface area (Å²) in [6.45, 7) is 7.64. The van der Waals surface area contributed by atoms with Crippen LogP contribution in [0.2, 0.25) is 0 Å². The molecule has 0 unspecified atom stereocenters. The number of urea groups is 2. The predicted molar refractivity (Wildman–Crippen MR) is 124 cm³/mol. The van der Waals surface area contributed by atoms with Crippen LogP contribution in [0, 0.1) is 0 Å². The zero-order chi connectivity index (χ0) is 24.4. The molecule has 34 heavy (non-hydrogen) atoms. The van der Waals surface area contributed by atoms with Gasteiger partial charge in [-0.3, -0.25) is 0 Å². The van der Waals surface area contributed by atoms with Gasteiger partial charge < -0.3 is 48.0 Å². The van der Waals surface area contributed by atoms with Crippen molar-refractivity contribution in [3.8, 4) is 0 Å². The molecule has 0 saturated carbocycles. The monoisotopic (exact) mass is 490 g/mol. The molecule has 198 valence electrons. The minimum absolute atomic E-state index is 0.0936. The van der Waals surface area contributed by atoms with Crippen LogP contribution in [-0.4, -0.2) is 164 Å². The molecule has 12 nitrogen and oxygen atoms in total. The SMILES string of the molecule is CN1CCOCCOCCN(C)C(=O)N2CCOCCOCCN(CCOCCOCC2)C1=O. The maximum Gasteiger partial charge on any atom is 0.319 e. The first-order valence-electron chi connectivity index (χ1n) is 12.1. The molecule has 3 rings (SSSR count). The van der Waals surface area contributed by atoms with E-state index in [9.17, 15) is 9.59 Å². The number of ether oxygens (including phenoxy) is 6. The first kappa shape index (κ1) is 28.5. The van der Waals surface area contributed by atoms with E-state index in [1.165, 1.54) is 0 Å². The summed E-state index contributed by atoms with van der Waals surface area (Å²) < 4.78 is 33.9. The zero-order valence-electron chi connectivity index (χ0n) is 20.8. The van der Waals surface area contributed by atoms with Crippen LogP contribution in [0.1, 0.15) is 0 Å². The van der Waals surface area contributed by atoms with E-state index in [2.05, 4.69) is 0 Å². The molecular weight excluding hydrogens is 448 g/mol. The molecule has 2 bridgehead atoms. The van der Waals surface area contributed by atoms with E-state index in [1.54, 1.807) is 33.7 Å². The molecule has 3 aliphatic heterocycles. The second kappa shape index (κ2) is 17.7. The van der Waals surface area contributed by atoms with E-state index in [1.807, 2.05) is 0 Å². The second-order valence-corrected chi connectivity index (χ2v) is 8.06. The quantitative estimate of drug-likeness (QED) is 0.431. The van der Waals surface area contributed by atoms with Crippen LogP contribution in [-0.2, 0) is 28.4 Å². The van der Waals surface area contributed by atoms with Crippen molar-refractivity contribution >= 4 is 12.1 Å². The van der Waals surface area contributed by atoms with Gasteiger partial charge in [-0.15, -0.1) is 0 Å². The number of likely N-dealkylation sites (N-methyl/N-ethyl adjacent to an activating group) is 2. The van der Waals surface area contributed by atoms with E-state index >= 15 is 0 Å². The topological polar surface area (TPSA) is 102 Å². The molecule has 0 aromatic heterocycles. The average molecular weight is 491 g/mol. The van der Waals surface area contributed by atoms with Gasteiger partial charge in [-0.25, -0.2) is 9.59 Å². The third kappa shape index (κ3) is 11.6. The number of rotatable bonds is 0. The second-order valence-electron chi connectivity index (χ2n) is 8.06. The number of hydrogen-bond acceptors (Lipinski definition) is 8. The van der Waals surface area contributed by atoms with Gasteiger partial charge in [0.1, 0.15) is 0 Å². The van der Waals surface area contributed by atoms with E-state index in [4.69, 9.17) is 28.4 Å². The summed E-state index contributed by atoms with van der Waals surface area (Å²) >= 11 is 0. The Morgan fingerprint density at radius 1 is 0.412 bits per heavy atom. The highest BCUT2D eigenvalue weighted by Gasteiger charge is 2.19. The lowest BCUT2D eigenvalue weighted by Gasteiger charge is -2.29. The lowest BCUT2D eigenvalue weighted by atomic mass is 10.4. The fraction of sp³-hybridized carbons (Fsp3) is 0.909. The maximum atomic E-state index is 12.9. The van der Waals surface area contributed by atoms with E-state index < -0.39 is 0 Å². The minimum atomic E-state index is -0.0936. The summed E-state index contributed by atoms with van der Waals surface area (Å²) in [4.78, 5) is 32.5. The van der Waals surface area contributed by atoms with Crippen LogP contribution in [0.4, 0.5) is 9.59 Å². The molecule has 3 fully saturated rings. The lowest BCUT2D eigenvalue weighted by Crippen LogP contribution is -2.46. The predicted octanol–water partition coefficient (Wildman–Crippen LogP) is -0.179. The Labute approximate surface area is 202 Å². The molecule has 4 amide bonds. The van der Waals surface area contributed by atoms with Crippen molar-refractivity contribution in [2.24, 2.45) is 0 Å². The minimum Gasteiger partial charge on any atom is -0.377 e. The molecule has 3 heterocycles. The number of nitrogens with zero attached hydrogens (tertiary/aromatic N) is 4. The van der Waals surface area contributed by atoms with E-state index in [0.29, 0.717) is 119 Å². The smallest absolute Gasteiger partial charge is 0.319 e. The van der Waals surface area contributed by atoms with Gasteiger partial charge in [0.05, 0.1) is 79.3 Å². The fourth-order valence-electron chi connectivity index (χ4n) is 3.35. The Bertz CT molecular complexity index is 503. The largest absolute Gasteiger partial charge is 0.377 e. The Kier molecular flexibility index (Phi) is 14.9. The summed E-state index contributed by atoms with van der Waals surface area (Å²) in [6, 6.07) is -0.187. The number of amides is 4. The van der Waals surface area contributed by atoms with E-state index in [-0.39, 0.29) is 12.1 Å². The van der Waals surface area contributed by atoms with Crippen molar-refractivity contribution in [3.05, 3.63) is 0 Å². The lowest BCUT2D eigenvalue weighted by molar-refractivity contribution is 0.00962. The summed E-state index contributed by atoms with van der Waals surface area (Å²) in [5.74, 6) is 0. The van der Waals surface area contributed by atoms with E-state index in [0.717, 1.165) is 0 Å². The standard InChI is InChI=1S/C22H42N4O8/c1-23-3-9-29-15-16-30-10-4-24(2)22(28)26-7-13-33-19-17-31-11-5-25(21(23)27)6-12-32-18-20-34-14-8-26/h3-20H2,1-2H3. The summed E-state index contributed by atoms with van der Waals surface area (Å²) in [5, 5.41) is 0. The molecule has 0 atom stereocenters. The van der Waals surface area contributed by atoms with Crippen molar-refractivity contribution in [2.75, 3.05) is 133 Å². The van der Waals surface area contributed by atoms with Crippen molar-refractivity contribution in [2.45, 2.75) is 0 Å². The van der Waals surface area contributed by atoms with Gasteiger partial charge >= 0.3 is 12.1 Å². The fourth-order valence-corrected chi connectivity index (χ4v) is 3.35. The number of carbonyl (C=O) groups is 2. The Morgan fingerprint density at radius 2 is 0.647 bits per heavy atom. The normalized spacial score (nSPS) is 23.6. The molecule has 12 heteroatoms. The molecular formula is C22H42N4O8. The summed E-state index contributed by atoms with van der Waals surface area (Å²) in [7, 11) is 3.51. The number of hydrogen-bond donors (Lipinski definition) is 0. The Balaban J connectivity index is 2.04. The van der Waals surface area contributed by atoms with Crippen LogP contribution < -0.4 is 0 Å². The van der Waals surface area contributed by atoms with Gasteiger partial charge in [-0.1, -0.05) is 0 Å². The van der Waals surface area contributed by atoms with Crippen molar-refractivity contribution < 1.29 is 38.0 Å². The third-order valence-electron chi connectivity index (χ3n) is 5.47. The zero-order valence-corrected chi connectivity index (χ0v) is 20.8. The maximum absolute atomic E-state index is 12.9. The Hall–Kier alpha value is -1.70. The summed E-state index contributed by atoms with van der Waals surface area (Å²) in [6.07, 6.45) is 0. The van der Waals surface area contributed by atoms with Gasteiger partial charge in [0, 0.05) is 53.4 Å².